The number of nitrogens with zero attached hydrogens (tertiary/aromatic N) is 1. The van der Waals surface area contributed by atoms with Gasteiger partial charge in [0.2, 0.25) is 5.75 Å². The molecule has 0 spiro atoms. The van der Waals surface area contributed by atoms with E-state index in [0.717, 1.165) is 12.1 Å². The van der Waals surface area contributed by atoms with Crippen LogP contribution in [0.15, 0.2) is 41.3 Å². The van der Waals surface area contributed by atoms with Crippen molar-refractivity contribution in [2.45, 2.75) is 18.8 Å². The molecule has 0 radical (unpaired) electrons. The van der Waals surface area contributed by atoms with Gasteiger partial charge in [-0.15, -0.1) is 0 Å². The Morgan fingerprint density at radius 1 is 1.21 bits per heavy atom. The van der Waals surface area contributed by atoms with Crippen molar-refractivity contribution in [3.8, 4) is 11.5 Å². The summed E-state index contributed by atoms with van der Waals surface area (Å²) in [6.07, 6.45) is 2.53. The molecular formula is C20H21N3O5S. The van der Waals surface area contributed by atoms with Crippen LogP contribution in [0, 0.1) is 10.1 Å². The second-order valence-corrected chi connectivity index (χ2v) is 7.34. The number of nitro benzene ring substituents is 1. The molecule has 0 saturated carbocycles. The first-order chi connectivity index (χ1) is 13.9. The number of anilines is 1. The highest BCUT2D eigenvalue weighted by atomic mass is 32.2. The highest BCUT2D eigenvalue weighted by Gasteiger charge is 2.28. The molecule has 1 fully saturated rings. The second kappa shape index (κ2) is 8.87. The molecule has 0 aliphatic carbocycles. The molecule has 2 aromatic rings. The first-order valence-corrected chi connectivity index (χ1v) is 9.78. The lowest BCUT2D eigenvalue weighted by Gasteiger charge is -2.13. The standard InChI is InChI=1S/C20H21N3O5S/c1-4-12-5-7-14(8-6-12)21-20-22-19(24)18(29-20)10-13-9-15(23(25)26)17(28-3)11-16(13)27-2/h5-11,20-21H,4H2,1-3H3,(H,22,24)/b18-10-/t20-/m1/s1. The molecule has 8 nitrogen and oxygen atoms in total. The number of rotatable bonds is 7. The van der Waals surface area contributed by atoms with E-state index < -0.39 is 4.92 Å². The number of nitro groups is 1. The van der Waals surface area contributed by atoms with E-state index in [4.69, 9.17) is 9.47 Å². The third kappa shape index (κ3) is 4.62. The van der Waals surface area contributed by atoms with Crippen molar-refractivity contribution in [2.75, 3.05) is 19.5 Å². The monoisotopic (exact) mass is 415 g/mol. The average molecular weight is 415 g/mol. The van der Waals surface area contributed by atoms with Gasteiger partial charge in [-0.3, -0.25) is 14.9 Å². The zero-order valence-electron chi connectivity index (χ0n) is 16.2. The van der Waals surface area contributed by atoms with Gasteiger partial charge in [-0.05, 0) is 30.2 Å². The van der Waals surface area contributed by atoms with Gasteiger partial charge in [-0.1, -0.05) is 30.8 Å². The third-order valence-electron chi connectivity index (χ3n) is 4.41. The number of aryl methyl sites for hydroxylation is 1. The molecule has 1 atom stereocenters. The minimum Gasteiger partial charge on any atom is -0.496 e. The zero-order chi connectivity index (χ0) is 21.0. The highest BCUT2D eigenvalue weighted by molar-refractivity contribution is 8.05. The maximum atomic E-state index is 12.4. The third-order valence-corrected chi connectivity index (χ3v) is 5.43. The molecule has 1 aliphatic rings. The summed E-state index contributed by atoms with van der Waals surface area (Å²) >= 11 is 1.29. The highest BCUT2D eigenvalue weighted by Crippen LogP contribution is 2.38. The second-order valence-electron chi connectivity index (χ2n) is 6.20. The van der Waals surface area contributed by atoms with Gasteiger partial charge in [0.1, 0.15) is 5.75 Å². The van der Waals surface area contributed by atoms with Gasteiger partial charge in [-0.25, -0.2) is 0 Å². The number of carbonyl (C=O) groups is 1. The van der Waals surface area contributed by atoms with Crippen molar-refractivity contribution in [1.29, 1.82) is 0 Å². The molecule has 2 N–H and O–H groups in total. The molecule has 0 unspecified atom stereocenters. The summed E-state index contributed by atoms with van der Waals surface area (Å²) < 4.78 is 10.4. The van der Waals surface area contributed by atoms with Crippen molar-refractivity contribution >= 4 is 35.1 Å². The number of nitrogens with one attached hydrogen (secondary N) is 2. The van der Waals surface area contributed by atoms with Gasteiger partial charge in [0.05, 0.1) is 24.0 Å². The maximum absolute atomic E-state index is 12.4. The molecule has 1 heterocycles. The number of thioether (sulfide) groups is 1. The summed E-state index contributed by atoms with van der Waals surface area (Å²) in [5.41, 5.74) is 1.99. The number of methoxy groups -OCH3 is 2. The Hall–Kier alpha value is -3.20. The van der Waals surface area contributed by atoms with E-state index in [-0.39, 0.29) is 22.8 Å². The van der Waals surface area contributed by atoms with E-state index in [1.54, 1.807) is 6.08 Å². The van der Waals surface area contributed by atoms with Crippen LogP contribution in [0.3, 0.4) is 0 Å². The molecule has 0 bridgehead atoms. The van der Waals surface area contributed by atoms with Gasteiger partial charge in [0.25, 0.3) is 5.91 Å². The minimum absolute atomic E-state index is 0.0904. The van der Waals surface area contributed by atoms with Crippen molar-refractivity contribution < 1.29 is 19.2 Å². The van der Waals surface area contributed by atoms with Crippen LogP contribution >= 0.6 is 11.8 Å². The molecular weight excluding hydrogens is 394 g/mol. The number of carbonyl (C=O) groups excluding carboxylic acids is 1. The molecule has 1 saturated heterocycles. The van der Waals surface area contributed by atoms with Crippen LogP contribution in [0.1, 0.15) is 18.1 Å². The van der Waals surface area contributed by atoms with Gasteiger partial charge >= 0.3 is 5.69 Å². The van der Waals surface area contributed by atoms with Crippen molar-refractivity contribution in [2.24, 2.45) is 0 Å². The van der Waals surface area contributed by atoms with Crippen LogP contribution in [-0.4, -0.2) is 30.5 Å². The lowest BCUT2D eigenvalue weighted by Crippen LogP contribution is -2.30. The number of ether oxygens (including phenoxy) is 2. The molecule has 9 heteroatoms. The Morgan fingerprint density at radius 3 is 2.48 bits per heavy atom. The van der Waals surface area contributed by atoms with Crippen molar-refractivity contribution in [3.63, 3.8) is 0 Å². The Bertz CT molecular complexity index is 959. The quantitative estimate of drug-likeness (QED) is 0.403. The van der Waals surface area contributed by atoms with Crippen LogP contribution in [0.25, 0.3) is 6.08 Å². The van der Waals surface area contributed by atoms with Crippen LogP contribution in [0.2, 0.25) is 0 Å². The fraction of sp³-hybridized carbons (Fsp3) is 0.250. The molecule has 29 heavy (non-hydrogen) atoms. The van der Waals surface area contributed by atoms with Crippen LogP contribution in [-0.2, 0) is 11.2 Å². The van der Waals surface area contributed by atoms with E-state index in [1.165, 1.54) is 43.7 Å². The van der Waals surface area contributed by atoms with E-state index >= 15 is 0 Å². The van der Waals surface area contributed by atoms with E-state index in [9.17, 15) is 14.9 Å². The van der Waals surface area contributed by atoms with Gasteiger partial charge in [0.15, 0.2) is 5.50 Å². The lowest BCUT2D eigenvalue weighted by atomic mass is 10.1. The molecule has 1 aliphatic heterocycles. The van der Waals surface area contributed by atoms with E-state index in [0.29, 0.717) is 16.2 Å². The predicted molar refractivity (Wildman–Crippen MR) is 113 cm³/mol. The predicted octanol–water partition coefficient (Wildman–Crippen LogP) is 3.77. The van der Waals surface area contributed by atoms with Gasteiger partial charge < -0.3 is 20.1 Å². The number of hydrogen-bond donors (Lipinski definition) is 2. The smallest absolute Gasteiger partial charge is 0.311 e. The normalized spacial score (nSPS) is 17.1. The van der Waals surface area contributed by atoms with Gasteiger partial charge in [0, 0.05) is 23.4 Å². The molecule has 2 aromatic carbocycles. The van der Waals surface area contributed by atoms with Crippen LogP contribution < -0.4 is 20.1 Å². The Labute approximate surface area is 172 Å². The van der Waals surface area contributed by atoms with E-state index in [2.05, 4.69) is 17.6 Å². The first kappa shape index (κ1) is 20.5. The van der Waals surface area contributed by atoms with Crippen LogP contribution in [0.5, 0.6) is 11.5 Å². The largest absolute Gasteiger partial charge is 0.496 e. The molecule has 1 amide bonds. The van der Waals surface area contributed by atoms with Crippen molar-refractivity contribution in [3.05, 3.63) is 62.5 Å². The maximum Gasteiger partial charge on any atom is 0.311 e. The van der Waals surface area contributed by atoms with Crippen LogP contribution in [0.4, 0.5) is 11.4 Å². The van der Waals surface area contributed by atoms with E-state index in [1.807, 2.05) is 24.3 Å². The summed E-state index contributed by atoms with van der Waals surface area (Å²) in [7, 11) is 2.80. The summed E-state index contributed by atoms with van der Waals surface area (Å²) in [6.45, 7) is 2.09. The summed E-state index contributed by atoms with van der Waals surface area (Å²) in [5.74, 6) is 0.200. The van der Waals surface area contributed by atoms with Gasteiger partial charge in [-0.2, -0.15) is 0 Å². The number of benzene rings is 2. The number of hydrogen-bond acceptors (Lipinski definition) is 7. The van der Waals surface area contributed by atoms with Crippen molar-refractivity contribution in [1.82, 2.24) is 5.32 Å². The summed E-state index contributed by atoms with van der Waals surface area (Å²) in [4.78, 5) is 23.6. The minimum atomic E-state index is -0.535. The zero-order valence-corrected chi connectivity index (χ0v) is 17.0. The fourth-order valence-electron chi connectivity index (χ4n) is 2.86. The summed E-state index contributed by atoms with van der Waals surface area (Å²) in [5, 5.41) is 17.4. The Morgan fingerprint density at radius 2 is 1.90 bits per heavy atom. The molecule has 0 aromatic heterocycles. The average Bonchev–Trinajstić information content (AvgIpc) is 3.06. The Kier molecular flexibility index (Phi) is 6.28. The molecule has 3 rings (SSSR count). The fourth-order valence-corrected chi connectivity index (χ4v) is 3.83. The number of amides is 1. The molecule has 152 valence electrons. The topological polar surface area (TPSA) is 103 Å². The SMILES string of the molecule is CCc1ccc(N[C@@H]2NC(=O)/C(=C/c3cc([N+](=O)[O-])c(OC)cc3OC)S2)cc1. The summed E-state index contributed by atoms with van der Waals surface area (Å²) in [6, 6.07) is 10.8. The first-order valence-electron chi connectivity index (χ1n) is 8.90. The lowest BCUT2D eigenvalue weighted by molar-refractivity contribution is -0.385. The Balaban J connectivity index is 1.83.